The second-order valence-corrected chi connectivity index (χ2v) is 12.5. The summed E-state index contributed by atoms with van der Waals surface area (Å²) < 4.78 is 97.2. The molecule has 21 heteroatoms. The number of hydrogen-bond acceptors (Lipinski definition) is 8. The van der Waals surface area contributed by atoms with Crippen molar-refractivity contribution in [2.75, 3.05) is 19.6 Å². The van der Waals surface area contributed by atoms with Crippen molar-refractivity contribution >= 4 is 17.9 Å². The lowest BCUT2D eigenvalue weighted by Crippen LogP contribution is -2.41. The zero-order valence-corrected chi connectivity index (χ0v) is 28.1. The van der Waals surface area contributed by atoms with Crippen LogP contribution in [0.2, 0.25) is 0 Å². The van der Waals surface area contributed by atoms with Crippen molar-refractivity contribution in [3.63, 3.8) is 0 Å². The predicted octanol–water partition coefficient (Wildman–Crippen LogP) is 4.94. The molecule has 1 fully saturated rings. The van der Waals surface area contributed by atoms with Gasteiger partial charge >= 0.3 is 36.4 Å². The summed E-state index contributed by atoms with van der Waals surface area (Å²) in [6.45, 7) is 6.54. The fourth-order valence-electron chi connectivity index (χ4n) is 5.89. The van der Waals surface area contributed by atoms with Gasteiger partial charge in [-0.05, 0) is 54.6 Å². The summed E-state index contributed by atoms with van der Waals surface area (Å²) in [6.07, 6.45) is -7.42. The zero-order valence-electron chi connectivity index (χ0n) is 28.1. The van der Waals surface area contributed by atoms with Gasteiger partial charge in [0.15, 0.2) is 0 Å². The lowest BCUT2D eigenvalue weighted by molar-refractivity contribution is -0.193. The Bertz CT molecular complexity index is 1740. The fourth-order valence-corrected chi connectivity index (χ4v) is 5.89. The molecule has 0 bridgehead atoms. The van der Waals surface area contributed by atoms with E-state index < -0.39 is 36.4 Å². The average Bonchev–Trinajstić information content (AvgIpc) is 3.45. The summed E-state index contributed by atoms with van der Waals surface area (Å²) in [5.41, 5.74) is 5.00. The van der Waals surface area contributed by atoms with Crippen molar-refractivity contribution in [2.45, 2.75) is 70.4 Å². The number of carboxylic acids is 3. The molecule has 0 aliphatic carbocycles. The lowest BCUT2D eigenvalue weighted by atomic mass is 9.77. The van der Waals surface area contributed by atoms with Gasteiger partial charge in [-0.1, -0.05) is 30.3 Å². The highest BCUT2D eigenvalue weighted by Gasteiger charge is 2.43. The van der Waals surface area contributed by atoms with Crippen LogP contribution >= 0.6 is 0 Å². The van der Waals surface area contributed by atoms with E-state index in [0.717, 1.165) is 82.0 Å². The number of piperidine rings is 1. The number of rotatable bonds is 4. The number of nitrogens with zero attached hydrogens (tertiary/aromatic N) is 5. The SMILES string of the molecule is O=C(O)C(F)(F)F.O=C(O)C(F)(F)F.O=C(O)C(F)(F)F.O=c1c2c(nc3n1CC1(CCN(Cc4ccncc4)CC1)C3)CCN(Cc1ccccc1)C2. The Morgan fingerprint density at radius 2 is 1.17 bits per heavy atom. The lowest BCUT2D eigenvalue weighted by Gasteiger charge is -2.38. The Morgan fingerprint density at radius 1 is 0.704 bits per heavy atom. The summed E-state index contributed by atoms with van der Waals surface area (Å²) in [6, 6.07) is 14.7. The third kappa shape index (κ3) is 12.8. The number of fused-ring (bicyclic) bond motifs is 2. The summed E-state index contributed by atoms with van der Waals surface area (Å²) in [5.74, 6) is -7.25. The highest BCUT2D eigenvalue weighted by Crippen LogP contribution is 2.41. The average molecular weight is 784 g/mol. The maximum absolute atomic E-state index is 13.5. The molecule has 0 saturated carbocycles. The highest BCUT2D eigenvalue weighted by molar-refractivity contribution is 5.73. The third-order valence-electron chi connectivity index (χ3n) is 8.55. The quantitative estimate of drug-likeness (QED) is 0.307. The van der Waals surface area contributed by atoms with Crippen molar-refractivity contribution in [3.8, 4) is 0 Å². The standard InChI is InChI=1S/C27H31N5O.3C2HF3O2/c33-26-23-19-31(18-21-4-2-1-3-5-21)13-8-24(23)29-25-16-27(20-32(25)26)9-14-30(15-10-27)17-22-6-11-28-12-7-22;3*3-2(4,5)1(6)7/h1-7,11-12H,8-10,13-20H2;3*(H,6,7). The fraction of sp³-hybridized carbons (Fsp3) is 0.455. The molecule has 12 nitrogen and oxygen atoms in total. The number of alkyl halides is 9. The van der Waals surface area contributed by atoms with Crippen LogP contribution < -0.4 is 5.56 Å². The first-order valence-electron chi connectivity index (χ1n) is 15.9. The van der Waals surface area contributed by atoms with Gasteiger partial charge in [0.05, 0.1) is 11.3 Å². The third-order valence-corrected chi connectivity index (χ3v) is 8.55. The Kier molecular flexibility index (Phi) is 14.3. The molecule has 2 aromatic heterocycles. The molecule has 1 aromatic carbocycles. The molecule has 54 heavy (non-hydrogen) atoms. The van der Waals surface area contributed by atoms with Gasteiger partial charge in [0, 0.05) is 58.0 Å². The molecule has 0 radical (unpaired) electrons. The van der Waals surface area contributed by atoms with Crippen LogP contribution in [0.1, 0.15) is 41.1 Å². The van der Waals surface area contributed by atoms with Gasteiger partial charge in [0.2, 0.25) is 0 Å². The minimum Gasteiger partial charge on any atom is -0.475 e. The zero-order chi connectivity index (χ0) is 40.5. The van der Waals surface area contributed by atoms with Crippen molar-refractivity contribution < 1.29 is 69.2 Å². The number of carbonyl (C=O) groups is 3. The van der Waals surface area contributed by atoms with Gasteiger partial charge in [-0.2, -0.15) is 39.5 Å². The molecule has 296 valence electrons. The van der Waals surface area contributed by atoms with Gasteiger partial charge in [-0.15, -0.1) is 0 Å². The highest BCUT2D eigenvalue weighted by atomic mass is 19.4. The molecular formula is C33H34F9N5O7. The van der Waals surface area contributed by atoms with Crippen LogP contribution in [0, 0.1) is 5.41 Å². The normalized spacial score (nSPS) is 16.6. The van der Waals surface area contributed by atoms with E-state index in [2.05, 4.69) is 51.2 Å². The first kappa shape index (κ1) is 43.4. The Morgan fingerprint density at radius 3 is 1.65 bits per heavy atom. The molecule has 1 spiro atoms. The van der Waals surface area contributed by atoms with Crippen LogP contribution in [0.3, 0.4) is 0 Å². The van der Waals surface area contributed by atoms with E-state index in [1.807, 2.05) is 23.0 Å². The molecule has 3 aromatic rings. The van der Waals surface area contributed by atoms with Gasteiger partial charge in [-0.25, -0.2) is 19.4 Å². The van der Waals surface area contributed by atoms with E-state index in [1.54, 1.807) is 0 Å². The number of aliphatic carboxylic acids is 3. The summed E-state index contributed by atoms with van der Waals surface area (Å²) in [4.78, 5) is 54.3. The smallest absolute Gasteiger partial charge is 0.475 e. The number of aromatic nitrogens is 3. The maximum atomic E-state index is 13.5. The molecule has 0 unspecified atom stereocenters. The summed E-state index contributed by atoms with van der Waals surface area (Å²) >= 11 is 0. The minimum atomic E-state index is -5.08. The molecule has 3 N–H and O–H groups in total. The van der Waals surface area contributed by atoms with Crippen LogP contribution in [-0.2, 0) is 53.4 Å². The van der Waals surface area contributed by atoms with Crippen molar-refractivity contribution in [2.24, 2.45) is 5.41 Å². The van der Waals surface area contributed by atoms with E-state index in [4.69, 9.17) is 34.7 Å². The second-order valence-electron chi connectivity index (χ2n) is 12.5. The maximum Gasteiger partial charge on any atom is 0.490 e. The van der Waals surface area contributed by atoms with E-state index in [1.165, 1.54) is 11.1 Å². The van der Waals surface area contributed by atoms with Gasteiger partial charge in [-0.3, -0.25) is 24.1 Å². The minimum absolute atomic E-state index is 0.196. The number of carboxylic acid groups (broad SMARTS) is 3. The van der Waals surface area contributed by atoms with Crippen LogP contribution in [0.25, 0.3) is 0 Å². The summed E-state index contributed by atoms with van der Waals surface area (Å²) in [5, 5.41) is 21.4. The molecule has 0 amide bonds. The molecule has 0 atom stereocenters. The first-order chi connectivity index (χ1) is 25.0. The van der Waals surface area contributed by atoms with E-state index in [0.29, 0.717) is 6.54 Å². The van der Waals surface area contributed by atoms with Crippen LogP contribution in [-0.4, -0.2) is 95.7 Å². The van der Waals surface area contributed by atoms with E-state index >= 15 is 0 Å². The predicted molar refractivity (Wildman–Crippen MR) is 169 cm³/mol. The molecule has 1 saturated heterocycles. The molecule has 3 aliphatic rings. The van der Waals surface area contributed by atoms with E-state index in [9.17, 15) is 44.3 Å². The number of halogens is 9. The first-order valence-corrected chi connectivity index (χ1v) is 15.9. The van der Waals surface area contributed by atoms with Crippen LogP contribution in [0.15, 0.2) is 59.7 Å². The second kappa shape index (κ2) is 17.9. The monoisotopic (exact) mass is 783 g/mol. The molecule has 6 rings (SSSR count). The molecular weight excluding hydrogens is 749 g/mol. The number of pyridine rings is 1. The van der Waals surface area contributed by atoms with Gasteiger partial charge < -0.3 is 15.3 Å². The number of likely N-dealkylation sites (tertiary alicyclic amines) is 1. The Hall–Kier alpha value is -5.05. The molecule has 5 heterocycles. The van der Waals surface area contributed by atoms with E-state index in [-0.39, 0.29) is 11.0 Å². The summed E-state index contributed by atoms with van der Waals surface area (Å²) in [7, 11) is 0. The van der Waals surface area contributed by atoms with Gasteiger partial charge in [0.1, 0.15) is 5.82 Å². The van der Waals surface area contributed by atoms with Crippen LogP contribution in [0.5, 0.6) is 0 Å². The Labute approximate surface area is 300 Å². The Balaban J connectivity index is 0.000000307. The number of hydrogen-bond donors (Lipinski definition) is 3. The van der Waals surface area contributed by atoms with Crippen molar-refractivity contribution in [1.82, 2.24) is 24.3 Å². The van der Waals surface area contributed by atoms with Crippen LogP contribution in [0.4, 0.5) is 39.5 Å². The number of benzene rings is 1. The van der Waals surface area contributed by atoms with Crippen molar-refractivity contribution in [3.05, 3.63) is 93.4 Å². The molecule has 3 aliphatic heterocycles. The largest absolute Gasteiger partial charge is 0.490 e. The van der Waals surface area contributed by atoms with Crippen molar-refractivity contribution in [1.29, 1.82) is 0 Å². The van der Waals surface area contributed by atoms with Gasteiger partial charge in [0.25, 0.3) is 5.56 Å². The topological polar surface area (TPSA) is 166 Å².